The summed E-state index contributed by atoms with van der Waals surface area (Å²) in [5.41, 5.74) is 1.66. The molecule has 0 unspecified atom stereocenters. The molecule has 0 N–H and O–H groups in total. The molecule has 0 saturated carbocycles. The second kappa shape index (κ2) is 6.87. The molecule has 1 aromatic carbocycles. The highest BCUT2D eigenvalue weighted by Gasteiger charge is 2.19. The Balaban J connectivity index is 2.06. The van der Waals surface area contributed by atoms with E-state index >= 15 is 0 Å². The Morgan fingerprint density at radius 2 is 1.95 bits per heavy atom. The lowest BCUT2D eigenvalue weighted by Gasteiger charge is -2.14. The Hall–Kier alpha value is -1.66. The van der Waals surface area contributed by atoms with Gasteiger partial charge in [0.2, 0.25) is 10.0 Å². The Morgan fingerprint density at radius 1 is 1.24 bits per heavy atom. The molecule has 2 rings (SSSR count). The molecule has 0 aliphatic rings. The summed E-state index contributed by atoms with van der Waals surface area (Å²) in [4.78, 5) is 0. The summed E-state index contributed by atoms with van der Waals surface area (Å²) < 4.78 is 30.6. The molecule has 0 radical (unpaired) electrons. The van der Waals surface area contributed by atoms with Gasteiger partial charge in [-0.2, -0.15) is 4.31 Å². The third-order valence-electron chi connectivity index (χ3n) is 3.24. The van der Waals surface area contributed by atoms with Crippen molar-refractivity contribution in [3.05, 3.63) is 42.2 Å². The molecule has 1 heterocycles. The van der Waals surface area contributed by atoms with Crippen molar-refractivity contribution >= 4 is 10.0 Å². The zero-order chi connectivity index (χ0) is 15.3. The molecule has 1 aromatic heterocycles. The predicted octanol–water partition coefficient (Wildman–Crippen LogP) is 2.90. The van der Waals surface area contributed by atoms with E-state index < -0.39 is 10.0 Å². The third kappa shape index (κ3) is 4.15. The van der Waals surface area contributed by atoms with Crippen LogP contribution in [-0.4, -0.2) is 30.7 Å². The van der Waals surface area contributed by atoms with Gasteiger partial charge < -0.3 is 4.52 Å². The summed E-state index contributed by atoms with van der Waals surface area (Å²) in [5.74, 6) is 0.705. The highest BCUT2D eigenvalue weighted by molar-refractivity contribution is 7.89. The molecule has 2 aromatic rings. The maximum absolute atomic E-state index is 12.0. The Bertz CT molecular complexity index is 665. The van der Waals surface area contributed by atoms with Gasteiger partial charge in [-0.15, -0.1) is 0 Å². The van der Waals surface area contributed by atoms with Gasteiger partial charge in [-0.1, -0.05) is 48.8 Å². The highest BCUT2D eigenvalue weighted by Crippen LogP contribution is 2.19. The molecule has 0 spiro atoms. The molecule has 21 heavy (non-hydrogen) atoms. The van der Waals surface area contributed by atoms with E-state index in [4.69, 9.17) is 4.52 Å². The number of benzene rings is 1. The van der Waals surface area contributed by atoms with Gasteiger partial charge in [-0.25, -0.2) is 8.42 Å². The van der Waals surface area contributed by atoms with Crippen LogP contribution >= 0.6 is 0 Å². The van der Waals surface area contributed by atoms with Gasteiger partial charge in [0.25, 0.3) is 0 Å². The van der Waals surface area contributed by atoms with Crippen molar-refractivity contribution in [3.8, 4) is 11.3 Å². The molecular formula is C15H20N2O3S. The van der Waals surface area contributed by atoms with Crippen molar-refractivity contribution in [2.24, 2.45) is 0 Å². The highest BCUT2D eigenvalue weighted by atomic mass is 32.2. The summed E-state index contributed by atoms with van der Waals surface area (Å²) >= 11 is 0. The van der Waals surface area contributed by atoms with Crippen LogP contribution < -0.4 is 0 Å². The van der Waals surface area contributed by atoms with Crippen molar-refractivity contribution < 1.29 is 12.9 Å². The summed E-state index contributed by atoms with van der Waals surface area (Å²) in [5, 5.41) is 3.99. The first kappa shape index (κ1) is 15.7. The van der Waals surface area contributed by atoms with Gasteiger partial charge in [0.15, 0.2) is 5.76 Å². The van der Waals surface area contributed by atoms with Gasteiger partial charge in [0.1, 0.15) is 5.69 Å². The molecular weight excluding hydrogens is 288 g/mol. The summed E-state index contributed by atoms with van der Waals surface area (Å²) in [6.45, 7) is 2.17. The molecule has 5 nitrogen and oxygen atoms in total. The first-order chi connectivity index (χ1) is 10.0. The minimum atomic E-state index is -3.23. The first-order valence-electron chi connectivity index (χ1n) is 6.98. The van der Waals surface area contributed by atoms with Gasteiger partial charge in [-0.3, -0.25) is 0 Å². The second-order valence-electron chi connectivity index (χ2n) is 4.97. The number of hydrogen-bond donors (Lipinski definition) is 0. The minimum absolute atomic E-state index is 0.166. The van der Waals surface area contributed by atoms with E-state index in [1.165, 1.54) is 4.31 Å². The monoisotopic (exact) mass is 308 g/mol. The lowest BCUT2D eigenvalue weighted by Crippen LogP contribution is -2.28. The molecule has 0 saturated heterocycles. The third-order valence-corrected chi connectivity index (χ3v) is 5.12. The second-order valence-corrected chi connectivity index (χ2v) is 7.17. The van der Waals surface area contributed by atoms with Crippen LogP contribution in [0.4, 0.5) is 0 Å². The normalized spacial score (nSPS) is 12.0. The Kier molecular flexibility index (Phi) is 5.14. The van der Waals surface area contributed by atoms with Crippen molar-refractivity contribution in [1.29, 1.82) is 0 Å². The molecule has 0 amide bonds. The quantitative estimate of drug-likeness (QED) is 0.789. The van der Waals surface area contributed by atoms with Gasteiger partial charge in [0, 0.05) is 18.7 Å². The van der Waals surface area contributed by atoms with Crippen LogP contribution in [0.15, 0.2) is 40.9 Å². The van der Waals surface area contributed by atoms with Gasteiger partial charge in [0.05, 0.1) is 12.3 Å². The van der Waals surface area contributed by atoms with Crippen LogP contribution in [-0.2, 0) is 16.6 Å². The molecule has 0 bridgehead atoms. The predicted molar refractivity (Wildman–Crippen MR) is 82.1 cm³/mol. The standard InChI is InChI=1S/C15H20N2O3S/c1-3-4-10-21(18,19)17(2)12-14-11-15(16-20-14)13-8-6-5-7-9-13/h5-9,11H,3-4,10,12H2,1-2H3. The van der Waals surface area contributed by atoms with E-state index in [-0.39, 0.29) is 12.3 Å². The first-order valence-corrected chi connectivity index (χ1v) is 8.59. The fraction of sp³-hybridized carbons (Fsp3) is 0.400. The SMILES string of the molecule is CCCCS(=O)(=O)N(C)Cc1cc(-c2ccccc2)no1. The Morgan fingerprint density at radius 3 is 2.62 bits per heavy atom. The van der Waals surface area contributed by atoms with Crippen LogP contribution in [0.2, 0.25) is 0 Å². The number of unbranched alkanes of at least 4 members (excludes halogenated alkanes) is 1. The summed E-state index contributed by atoms with van der Waals surface area (Å²) in [6.07, 6.45) is 1.52. The van der Waals surface area contributed by atoms with Crippen molar-refractivity contribution in [3.63, 3.8) is 0 Å². The van der Waals surface area contributed by atoms with Gasteiger partial charge >= 0.3 is 0 Å². The number of sulfonamides is 1. The van der Waals surface area contributed by atoms with Crippen molar-refractivity contribution in [1.82, 2.24) is 9.46 Å². The van der Waals surface area contributed by atoms with E-state index in [1.54, 1.807) is 13.1 Å². The smallest absolute Gasteiger partial charge is 0.214 e. The Labute approximate surface area is 125 Å². The van der Waals surface area contributed by atoms with Crippen LogP contribution in [0.5, 0.6) is 0 Å². The molecule has 0 fully saturated rings. The molecule has 0 aliphatic heterocycles. The molecule has 6 heteroatoms. The largest absolute Gasteiger partial charge is 0.359 e. The topological polar surface area (TPSA) is 63.4 Å². The van der Waals surface area contributed by atoms with E-state index in [0.29, 0.717) is 17.9 Å². The number of nitrogens with zero attached hydrogens (tertiary/aromatic N) is 2. The van der Waals surface area contributed by atoms with Crippen molar-refractivity contribution in [2.75, 3.05) is 12.8 Å². The number of rotatable bonds is 7. The maximum atomic E-state index is 12.0. The number of hydrogen-bond acceptors (Lipinski definition) is 4. The van der Waals surface area contributed by atoms with Crippen LogP contribution in [0.3, 0.4) is 0 Å². The lowest BCUT2D eigenvalue weighted by molar-refractivity contribution is 0.344. The minimum Gasteiger partial charge on any atom is -0.359 e. The van der Waals surface area contributed by atoms with E-state index in [0.717, 1.165) is 12.0 Å². The average molecular weight is 308 g/mol. The van der Waals surface area contributed by atoms with Crippen LogP contribution in [0.25, 0.3) is 11.3 Å². The fourth-order valence-electron chi connectivity index (χ4n) is 1.93. The van der Waals surface area contributed by atoms with Crippen LogP contribution in [0.1, 0.15) is 25.5 Å². The summed E-state index contributed by atoms with van der Waals surface area (Å²) in [6, 6.07) is 11.4. The van der Waals surface area contributed by atoms with E-state index in [9.17, 15) is 8.42 Å². The molecule has 0 atom stereocenters. The zero-order valence-electron chi connectivity index (χ0n) is 12.3. The average Bonchev–Trinajstić information content (AvgIpc) is 2.94. The maximum Gasteiger partial charge on any atom is 0.214 e. The summed E-state index contributed by atoms with van der Waals surface area (Å²) in [7, 11) is -1.67. The van der Waals surface area contributed by atoms with E-state index in [2.05, 4.69) is 5.16 Å². The van der Waals surface area contributed by atoms with Crippen LogP contribution in [0, 0.1) is 0 Å². The lowest BCUT2D eigenvalue weighted by atomic mass is 10.1. The number of aromatic nitrogens is 1. The zero-order valence-corrected chi connectivity index (χ0v) is 13.1. The van der Waals surface area contributed by atoms with E-state index in [1.807, 2.05) is 37.3 Å². The van der Waals surface area contributed by atoms with Crippen molar-refractivity contribution in [2.45, 2.75) is 26.3 Å². The fourth-order valence-corrected chi connectivity index (χ4v) is 3.22. The molecule has 0 aliphatic carbocycles. The molecule has 114 valence electrons. The van der Waals surface area contributed by atoms with Gasteiger partial charge in [-0.05, 0) is 6.42 Å².